The van der Waals surface area contributed by atoms with Crippen molar-refractivity contribution in [2.24, 2.45) is 5.11 Å². The van der Waals surface area contributed by atoms with Gasteiger partial charge >= 0.3 is 17.9 Å². The first-order valence-electron chi connectivity index (χ1n) is 23.6. The van der Waals surface area contributed by atoms with Crippen molar-refractivity contribution >= 4 is 69.5 Å². The SMILES string of the molecule is C#CC(=O)O.C#CC(=O)ON1C(=O)CCC1=O.C=C(C)C[Si](CCCN=[N+]=[N-])(CC(=C)C)CC(=C)C.C=C(C)C[Si](CCCn1cc(C(=O)ON2C(=O)CCC2=O)nn1)(CC(=C)C)CC(=C)C.O=C1CCC(=O)N1O. The van der Waals surface area contributed by atoms with E-state index in [9.17, 15) is 38.4 Å². The molecule has 0 saturated carbocycles. The second-order valence-electron chi connectivity index (χ2n) is 18.9. The van der Waals surface area contributed by atoms with Crippen LogP contribution in [0.15, 0.2) is 84.2 Å². The van der Waals surface area contributed by atoms with E-state index in [0.29, 0.717) is 23.2 Å². The summed E-state index contributed by atoms with van der Waals surface area (Å²) in [5.41, 5.74) is 15.6. The number of terminal acetylenes is 2. The molecule has 0 unspecified atom stereocenters. The first-order valence-corrected chi connectivity index (χ1v) is 29.3. The van der Waals surface area contributed by atoms with Crippen molar-refractivity contribution in [3.63, 3.8) is 0 Å². The summed E-state index contributed by atoms with van der Waals surface area (Å²) >= 11 is 0. The summed E-state index contributed by atoms with van der Waals surface area (Å²) in [6, 6.07) is 8.63. The molecule has 3 fully saturated rings. The Morgan fingerprint density at radius 2 is 1.00 bits per heavy atom. The number of nitrogens with zero attached hydrogens (tertiary/aromatic N) is 9. The van der Waals surface area contributed by atoms with Gasteiger partial charge in [0.25, 0.3) is 35.4 Å². The molecule has 0 spiro atoms. The summed E-state index contributed by atoms with van der Waals surface area (Å²) in [5.74, 6) is -3.20. The predicted octanol–water partition coefficient (Wildman–Crippen LogP) is 8.39. The van der Waals surface area contributed by atoms with Gasteiger partial charge in [-0.05, 0) is 89.8 Å². The molecule has 3 aliphatic heterocycles. The lowest BCUT2D eigenvalue weighted by atomic mass is 10.4. The van der Waals surface area contributed by atoms with Crippen LogP contribution in [0.3, 0.4) is 0 Å². The number of hydrogen-bond acceptors (Lipinski definition) is 15. The number of carbonyl (C=O) groups excluding carboxylic acids is 8. The van der Waals surface area contributed by atoms with Crippen LogP contribution in [0.25, 0.3) is 10.4 Å². The molecule has 0 bridgehead atoms. The van der Waals surface area contributed by atoms with Gasteiger partial charge in [-0.2, -0.15) is 5.06 Å². The van der Waals surface area contributed by atoms with Gasteiger partial charge in [0, 0.05) is 68.4 Å². The molecule has 0 aliphatic carbocycles. The number of aliphatic carboxylic acids is 1. The van der Waals surface area contributed by atoms with Crippen LogP contribution in [0.4, 0.5) is 0 Å². The fraction of sp³-hybridized carbons (Fsp3) is 0.471. The zero-order chi connectivity index (χ0) is 57.6. The van der Waals surface area contributed by atoms with Gasteiger partial charge in [-0.15, -0.1) is 67.5 Å². The Balaban J connectivity index is 0.00000105. The van der Waals surface area contributed by atoms with Crippen molar-refractivity contribution in [2.45, 2.75) is 148 Å². The van der Waals surface area contributed by atoms with Gasteiger partial charge in [0.15, 0.2) is 5.69 Å². The molecular formula is C51H71N9O13Si2. The molecule has 6 amide bonds. The summed E-state index contributed by atoms with van der Waals surface area (Å²) in [6.45, 7) is 38.4. The van der Waals surface area contributed by atoms with E-state index < -0.39 is 69.5 Å². The fourth-order valence-corrected chi connectivity index (χ4v) is 19.9. The highest BCUT2D eigenvalue weighted by Gasteiger charge is 2.36. The van der Waals surface area contributed by atoms with E-state index in [0.717, 1.165) is 61.2 Å². The van der Waals surface area contributed by atoms with Crippen molar-refractivity contribution in [2.75, 3.05) is 6.54 Å². The smallest absolute Gasteiger partial charge is 0.408 e. The largest absolute Gasteiger partial charge is 0.472 e. The third-order valence-corrected chi connectivity index (χ3v) is 21.5. The van der Waals surface area contributed by atoms with Gasteiger partial charge in [-0.1, -0.05) is 62.3 Å². The highest BCUT2D eigenvalue weighted by atomic mass is 28.3. The van der Waals surface area contributed by atoms with Gasteiger partial charge in [0.1, 0.15) is 0 Å². The van der Waals surface area contributed by atoms with Gasteiger partial charge in [-0.25, -0.2) is 14.4 Å². The Morgan fingerprint density at radius 1 is 0.653 bits per heavy atom. The maximum atomic E-state index is 12.2. The normalized spacial score (nSPS) is 13.6. The van der Waals surface area contributed by atoms with Crippen LogP contribution >= 0.6 is 0 Å². The van der Waals surface area contributed by atoms with Crippen molar-refractivity contribution in [3.8, 4) is 24.7 Å². The minimum absolute atomic E-state index is 0.0400. The molecule has 22 nitrogen and oxygen atoms in total. The second-order valence-corrected chi connectivity index (χ2v) is 28.1. The molecule has 406 valence electrons. The zero-order valence-electron chi connectivity index (χ0n) is 44.1. The lowest BCUT2D eigenvalue weighted by molar-refractivity contribution is -0.193. The predicted molar refractivity (Wildman–Crippen MR) is 284 cm³/mol. The quantitative estimate of drug-likeness (QED) is 0.0120. The molecule has 1 aromatic rings. The molecule has 24 heteroatoms. The molecule has 0 aromatic carbocycles. The number of imide groups is 3. The molecule has 4 heterocycles. The van der Waals surface area contributed by atoms with E-state index in [2.05, 4.69) is 119 Å². The highest BCUT2D eigenvalue weighted by Crippen LogP contribution is 2.36. The number of amides is 6. The van der Waals surface area contributed by atoms with Gasteiger partial charge < -0.3 is 14.8 Å². The van der Waals surface area contributed by atoms with Crippen molar-refractivity contribution in [1.82, 2.24) is 30.2 Å². The number of carboxylic acids is 1. The van der Waals surface area contributed by atoms with Crippen LogP contribution in [0.5, 0.6) is 0 Å². The van der Waals surface area contributed by atoms with E-state index in [4.69, 9.17) is 25.5 Å². The molecule has 4 rings (SSSR count). The minimum Gasteiger partial charge on any atom is -0.472 e. The monoisotopic (exact) mass is 1070 g/mol. The van der Waals surface area contributed by atoms with Gasteiger partial charge in [-0.3, -0.25) is 38.7 Å². The van der Waals surface area contributed by atoms with E-state index in [1.807, 2.05) is 0 Å². The van der Waals surface area contributed by atoms with Gasteiger partial charge in [0.2, 0.25) is 0 Å². The summed E-state index contributed by atoms with van der Waals surface area (Å²) in [5, 5.41) is 28.4. The average Bonchev–Trinajstić information content (AvgIpc) is 4.06. The minimum atomic E-state index is -1.73. The van der Waals surface area contributed by atoms with E-state index >= 15 is 0 Å². The molecule has 3 aliphatic rings. The zero-order valence-corrected chi connectivity index (χ0v) is 46.1. The number of rotatable bonds is 23. The Morgan fingerprint density at radius 3 is 1.31 bits per heavy atom. The average molecular weight is 1070 g/mol. The highest BCUT2D eigenvalue weighted by molar-refractivity contribution is 6.82. The molecule has 1 aromatic heterocycles. The molecular weight excluding hydrogens is 1000 g/mol. The van der Waals surface area contributed by atoms with E-state index in [-0.39, 0.29) is 49.3 Å². The number of aryl methyl sites for hydroxylation is 1. The van der Waals surface area contributed by atoms with Crippen LogP contribution < -0.4 is 0 Å². The lowest BCUT2D eigenvalue weighted by Crippen LogP contribution is -2.35. The van der Waals surface area contributed by atoms with Gasteiger partial charge in [0.05, 0.1) is 22.3 Å². The fourth-order valence-electron chi connectivity index (χ4n) is 8.55. The van der Waals surface area contributed by atoms with Crippen LogP contribution in [0.2, 0.25) is 48.4 Å². The summed E-state index contributed by atoms with van der Waals surface area (Å²) in [7, 11) is -3.24. The maximum absolute atomic E-state index is 12.2. The molecule has 0 atom stereocenters. The molecule has 2 N–H and O–H groups in total. The maximum Gasteiger partial charge on any atom is 0.408 e. The Bertz CT molecular complexity index is 2380. The Kier molecular flexibility index (Phi) is 30.4. The number of azide groups is 1. The summed E-state index contributed by atoms with van der Waals surface area (Å²) < 4.78 is 1.59. The van der Waals surface area contributed by atoms with Crippen LogP contribution in [0.1, 0.15) is 103 Å². The van der Waals surface area contributed by atoms with Crippen LogP contribution in [-0.2, 0) is 54.6 Å². The first-order chi connectivity index (χ1) is 35.0. The molecule has 3 saturated heterocycles. The number of hydroxylamine groups is 6. The van der Waals surface area contributed by atoms with Crippen LogP contribution in [-0.4, -0.2) is 117 Å². The summed E-state index contributed by atoms with van der Waals surface area (Å²) in [4.78, 5) is 109. The van der Waals surface area contributed by atoms with E-state index in [1.165, 1.54) is 45.6 Å². The Hall–Kier alpha value is -7.77. The number of aromatic nitrogens is 3. The third kappa shape index (κ3) is 27.2. The number of allylic oxidation sites excluding steroid dienone is 6. The van der Waals surface area contributed by atoms with Crippen molar-refractivity contribution < 1.29 is 63.1 Å². The number of carboxylic acid groups (broad SMARTS) is 1. The first kappa shape index (κ1) is 67.2. The Labute approximate surface area is 440 Å². The molecule has 75 heavy (non-hydrogen) atoms. The van der Waals surface area contributed by atoms with Crippen LogP contribution in [0, 0.1) is 24.7 Å². The summed E-state index contributed by atoms with van der Waals surface area (Å²) in [6.07, 6.45) is 12.8. The van der Waals surface area contributed by atoms with Crippen molar-refractivity contribution in [3.05, 3.63) is 95.2 Å². The number of hydrogen-bond donors (Lipinski definition) is 2. The molecule has 0 radical (unpaired) electrons. The standard InChI is InChI=1S/C22H32N4O4Si.C15H27N3Si.C7H5NO4.C4H5NO3.C3H2O2/c1-16(2)13-31(14-17(3)4,15-18(5)6)11-7-10-25-12-19(23-24-25)22(29)30-26-20(27)8-9-21(26)28;1-13(2)10-19(11-14(3)4,12-15(5)6)9-7-8-17-18-16;1-2-7(11)12-8-5(9)3-4-6(8)10;6-3-1-2-4(7)5(3)8;1-2-3(4)5/h12H,1,3,5,7-11,13-15H2,2,4,6H3;1,3,5,7-12H2,2,4,6H3;1H,3-4H2;8H,1-2H2;1H,(H,4,5). The lowest BCUT2D eigenvalue weighted by Gasteiger charge is -2.33. The topological polar surface area (TPSA) is 302 Å². The van der Waals surface area contributed by atoms with E-state index in [1.54, 1.807) is 10.6 Å². The third-order valence-electron chi connectivity index (χ3n) is 10.6. The second kappa shape index (κ2) is 33.9. The number of carbonyl (C=O) groups is 9. The van der Waals surface area contributed by atoms with Crippen molar-refractivity contribution in [1.29, 1.82) is 0 Å².